The van der Waals surface area contributed by atoms with E-state index in [2.05, 4.69) is 168 Å². The molecule has 1 aromatic heterocycles. The molecule has 52 heavy (non-hydrogen) atoms. The first-order chi connectivity index (χ1) is 25.1. The van der Waals surface area contributed by atoms with Crippen LogP contribution in [0.4, 0.5) is 0 Å². The molecule has 0 amide bonds. The second-order valence-electron chi connectivity index (χ2n) is 15.4. The van der Waals surface area contributed by atoms with E-state index >= 15 is 0 Å². The van der Waals surface area contributed by atoms with Gasteiger partial charge >= 0.3 is 0 Å². The van der Waals surface area contributed by atoms with Gasteiger partial charge in [0.2, 0.25) is 0 Å². The van der Waals surface area contributed by atoms with Crippen molar-refractivity contribution < 1.29 is 4.74 Å². The third-order valence-electron chi connectivity index (χ3n) is 11.6. The lowest BCUT2D eigenvalue weighted by molar-refractivity contribution is 0.487. The molecule has 2 aliphatic rings. The Labute approximate surface area is 306 Å². The van der Waals surface area contributed by atoms with Gasteiger partial charge in [-0.05, 0) is 162 Å². The molecule has 10 rings (SSSR count). The highest BCUT2D eigenvalue weighted by molar-refractivity contribution is 6.99. The molecular formula is C49H40BNO. The van der Waals surface area contributed by atoms with Crippen molar-refractivity contribution in [3.05, 3.63) is 154 Å². The summed E-state index contributed by atoms with van der Waals surface area (Å²) in [6, 6.07) is 43.5. The number of aromatic nitrogens is 1. The van der Waals surface area contributed by atoms with Crippen LogP contribution in [0.5, 0.6) is 11.5 Å². The molecule has 2 aliphatic heterocycles. The standard InChI is InChI=1S/C49H40BNO/c1-27-17-30(4)46(31(5)18-27)36-13-15-42-38(23-36)39-24-37(47-32(6)19-28(2)20-33(47)7)26-41-49(39)51(42)43-21-29(3)22-45-48(43)50(41)40-25-35(14-16-44(40)52-45)34-11-9-8-10-12-34/h8-26H,1-7H3. The van der Waals surface area contributed by atoms with Gasteiger partial charge in [-0.1, -0.05) is 90.0 Å². The first-order valence-corrected chi connectivity index (χ1v) is 18.5. The van der Waals surface area contributed by atoms with E-state index < -0.39 is 0 Å². The zero-order valence-electron chi connectivity index (χ0n) is 30.9. The Hall–Kier alpha value is -5.80. The second-order valence-corrected chi connectivity index (χ2v) is 15.4. The molecule has 0 saturated carbocycles. The van der Waals surface area contributed by atoms with Crippen molar-refractivity contribution in [1.29, 1.82) is 0 Å². The van der Waals surface area contributed by atoms with Crippen LogP contribution in [0.15, 0.2) is 115 Å². The van der Waals surface area contributed by atoms with Crippen molar-refractivity contribution in [1.82, 2.24) is 4.57 Å². The molecule has 0 aliphatic carbocycles. The van der Waals surface area contributed by atoms with Gasteiger partial charge in [0, 0.05) is 22.0 Å². The SMILES string of the molecule is Cc1cc(C)c(-c2ccc3c(c2)c2cc(-c4c(C)cc(C)cc4C)cc4c2n3-c2cc(C)cc3c2B4c2cc(-c4ccccc4)ccc2O3)c(C)c1. The van der Waals surface area contributed by atoms with Crippen molar-refractivity contribution in [2.75, 3.05) is 0 Å². The molecule has 0 N–H and O–H groups in total. The third-order valence-corrected chi connectivity index (χ3v) is 11.6. The Kier molecular flexibility index (Phi) is 6.61. The van der Waals surface area contributed by atoms with Crippen LogP contribution in [0.3, 0.4) is 0 Å². The molecule has 0 saturated heterocycles. The maximum absolute atomic E-state index is 6.86. The first kappa shape index (κ1) is 31.0. The lowest BCUT2D eigenvalue weighted by atomic mass is 9.34. The predicted octanol–water partition coefficient (Wildman–Crippen LogP) is 10.9. The Morgan fingerprint density at radius 2 is 1.06 bits per heavy atom. The van der Waals surface area contributed by atoms with Crippen molar-refractivity contribution in [3.63, 3.8) is 0 Å². The molecule has 0 unspecified atom stereocenters. The molecule has 3 heterocycles. The van der Waals surface area contributed by atoms with E-state index in [9.17, 15) is 0 Å². The molecule has 0 bridgehead atoms. The quantitative estimate of drug-likeness (QED) is 0.171. The fourth-order valence-electron chi connectivity index (χ4n) is 9.80. The van der Waals surface area contributed by atoms with Crippen LogP contribution >= 0.6 is 0 Å². The zero-order chi connectivity index (χ0) is 35.6. The fraction of sp³-hybridized carbons (Fsp3) is 0.143. The molecular weight excluding hydrogens is 629 g/mol. The summed E-state index contributed by atoms with van der Waals surface area (Å²) < 4.78 is 9.40. The van der Waals surface area contributed by atoms with Gasteiger partial charge in [-0.2, -0.15) is 0 Å². The smallest absolute Gasteiger partial charge is 0.256 e. The fourth-order valence-corrected chi connectivity index (χ4v) is 9.80. The van der Waals surface area contributed by atoms with Gasteiger partial charge in [0.1, 0.15) is 11.5 Å². The summed E-state index contributed by atoms with van der Waals surface area (Å²) in [6.45, 7) is 15.6. The molecule has 0 radical (unpaired) electrons. The molecule has 0 fully saturated rings. The van der Waals surface area contributed by atoms with Crippen LogP contribution in [-0.4, -0.2) is 11.3 Å². The molecule has 8 aromatic rings. The Bertz CT molecular complexity index is 2790. The average Bonchev–Trinajstić information content (AvgIpc) is 3.43. The summed E-state index contributed by atoms with van der Waals surface area (Å²) in [5, 5.41) is 2.58. The summed E-state index contributed by atoms with van der Waals surface area (Å²) in [4.78, 5) is 0. The minimum Gasteiger partial charge on any atom is -0.458 e. The number of benzene rings is 7. The Morgan fingerprint density at radius 1 is 0.462 bits per heavy atom. The van der Waals surface area contributed by atoms with Gasteiger partial charge in [-0.3, -0.25) is 0 Å². The van der Waals surface area contributed by atoms with Crippen LogP contribution in [0, 0.1) is 48.5 Å². The van der Waals surface area contributed by atoms with E-state index in [-0.39, 0.29) is 6.71 Å². The lowest BCUT2D eigenvalue weighted by Gasteiger charge is -2.34. The average molecular weight is 670 g/mol. The van der Waals surface area contributed by atoms with E-state index in [4.69, 9.17) is 4.74 Å². The number of hydrogen-bond donors (Lipinski definition) is 0. The summed E-state index contributed by atoms with van der Waals surface area (Å²) in [5.41, 5.74) is 24.2. The maximum Gasteiger partial charge on any atom is 0.256 e. The van der Waals surface area contributed by atoms with Crippen LogP contribution in [-0.2, 0) is 0 Å². The summed E-state index contributed by atoms with van der Waals surface area (Å²) >= 11 is 0. The van der Waals surface area contributed by atoms with Crippen LogP contribution < -0.4 is 21.1 Å². The Morgan fingerprint density at radius 3 is 1.75 bits per heavy atom. The minimum atomic E-state index is 0.0180. The first-order valence-electron chi connectivity index (χ1n) is 18.5. The zero-order valence-corrected chi connectivity index (χ0v) is 30.9. The molecule has 250 valence electrons. The number of aryl methyl sites for hydroxylation is 7. The van der Waals surface area contributed by atoms with Crippen LogP contribution in [0.2, 0.25) is 0 Å². The van der Waals surface area contributed by atoms with Gasteiger partial charge in [-0.15, -0.1) is 0 Å². The largest absolute Gasteiger partial charge is 0.458 e. The van der Waals surface area contributed by atoms with E-state index in [0.717, 1.165) is 11.5 Å². The number of hydrogen-bond acceptors (Lipinski definition) is 1. The van der Waals surface area contributed by atoms with Crippen molar-refractivity contribution in [3.8, 4) is 50.6 Å². The number of rotatable bonds is 3. The highest BCUT2D eigenvalue weighted by atomic mass is 16.5. The number of nitrogens with zero attached hydrogens (tertiary/aromatic N) is 1. The van der Waals surface area contributed by atoms with Gasteiger partial charge in [0.15, 0.2) is 0 Å². The molecule has 0 atom stereocenters. The lowest BCUT2D eigenvalue weighted by Crippen LogP contribution is -2.58. The molecule has 0 spiro atoms. The second kappa shape index (κ2) is 11.1. The van der Waals surface area contributed by atoms with Crippen molar-refractivity contribution >= 4 is 44.9 Å². The van der Waals surface area contributed by atoms with E-state index in [1.165, 1.54) is 116 Å². The van der Waals surface area contributed by atoms with Crippen molar-refractivity contribution in [2.45, 2.75) is 48.5 Å². The van der Waals surface area contributed by atoms with Gasteiger partial charge in [0.25, 0.3) is 6.71 Å². The van der Waals surface area contributed by atoms with Crippen LogP contribution in [0.25, 0.3) is 60.9 Å². The molecule has 3 heteroatoms. The summed E-state index contributed by atoms with van der Waals surface area (Å²) in [6.07, 6.45) is 0. The number of ether oxygens (including phenoxy) is 1. The van der Waals surface area contributed by atoms with Crippen LogP contribution in [0.1, 0.15) is 38.9 Å². The molecule has 2 nitrogen and oxygen atoms in total. The normalized spacial score (nSPS) is 12.6. The highest BCUT2D eigenvalue weighted by Gasteiger charge is 2.41. The monoisotopic (exact) mass is 669 g/mol. The van der Waals surface area contributed by atoms with E-state index in [1.54, 1.807) is 0 Å². The van der Waals surface area contributed by atoms with Gasteiger partial charge in [-0.25, -0.2) is 0 Å². The topological polar surface area (TPSA) is 14.2 Å². The number of fused-ring (bicyclic) bond motifs is 7. The van der Waals surface area contributed by atoms with Gasteiger partial charge < -0.3 is 9.30 Å². The summed E-state index contributed by atoms with van der Waals surface area (Å²) in [7, 11) is 0. The maximum atomic E-state index is 6.86. The minimum absolute atomic E-state index is 0.0180. The Balaban J connectivity index is 1.35. The van der Waals surface area contributed by atoms with E-state index in [0.29, 0.717) is 0 Å². The van der Waals surface area contributed by atoms with Crippen molar-refractivity contribution in [2.24, 2.45) is 0 Å². The van der Waals surface area contributed by atoms with Gasteiger partial charge in [0.05, 0.1) is 5.52 Å². The summed E-state index contributed by atoms with van der Waals surface area (Å²) in [5.74, 6) is 1.89. The third kappa shape index (κ3) is 4.45. The predicted molar refractivity (Wildman–Crippen MR) is 221 cm³/mol. The molecule has 7 aromatic carbocycles. The highest BCUT2D eigenvalue weighted by Crippen LogP contribution is 2.42. The van der Waals surface area contributed by atoms with E-state index in [1.807, 2.05) is 0 Å².